The molecule has 2 unspecified atom stereocenters. The van der Waals surface area contributed by atoms with Crippen LogP contribution in [0, 0.1) is 0 Å². The maximum atomic E-state index is 12.7. The van der Waals surface area contributed by atoms with Gasteiger partial charge in [-0.25, -0.2) is 4.57 Å². The third-order valence-corrected chi connectivity index (χ3v) is 13.9. The van der Waals surface area contributed by atoms with Gasteiger partial charge in [-0.1, -0.05) is 262 Å². The Morgan fingerprint density at radius 2 is 0.679 bits per heavy atom. The second-order valence-corrected chi connectivity index (χ2v) is 22.0. The van der Waals surface area contributed by atoms with Crippen LogP contribution in [0.2, 0.25) is 0 Å². The molecular formula is C71H116NO8P. The van der Waals surface area contributed by atoms with Crippen LogP contribution in [0.5, 0.6) is 0 Å². The van der Waals surface area contributed by atoms with E-state index in [1.54, 1.807) is 0 Å². The van der Waals surface area contributed by atoms with Gasteiger partial charge in [-0.3, -0.25) is 18.6 Å². The van der Waals surface area contributed by atoms with E-state index in [9.17, 15) is 19.0 Å². The predicted octanol–water partition coefficient (Wildman–Crippen LogP) is 20.8. The standard InChI is InChI=1S/C71H116NO8P/c1-3-5-7-9-11-13-15-17-19-21-23-25-26-27-28-29-30-31-32-33-34-35-36-37-38-39-40-41-42-44-46-48-50-52-54-56-58-60-62-64-71(74)80-69(68-79-81(75,76)78-66-65-72)67-77-70(73)63-61-59-57-55-53-51-49-47-45-43-24-22-20-18-16-14-12-10-8-6-4-2/h5,7,11,13,17,19,22-25,27-28,30-31,33-34,36-37,39-40,42,44,48,50,54,56,69H,3-4,6,8-10,12,14-16,18,20-21,26,29,32,35,38,41,43,45-47,49,51-53,55,57-68,72H2,1-2H3,(H,75,76)/b7-5-,13-11-,19-17-,24-22-,25-23-,28-27-,31-30-,34-33-,37-36-,40-39-,44-42-,50-48-,56-54-. The minimum atomic E-state index is -4.41. The van der Waals surface area contributed by atoms with Gasteiger partial charge in [0.25, 0.3) is 0 Å². The van der Waals surface area contributed by atoms with Crippen molar-refractivity contribution in [1.29, 1.82) is 0 Å². The van der Waals surface area contributed by atoms with Crippen molar-refractivity contribution in [2.75, 3.05) is 26.4 Å². The molecule has 0 radical (unpaired) electrons. The van der Waals surface area contributed by atoms with Crippen LogP contribution in [0.4, 0.5) is 0 Å². The lowest BCUT2D eigenvalue weighted by molar-refractivity contribution is -0.161. The molecule has 0 bridgehead atoms. The van der Waals surface area contributed by atoms with E-state index >= 15 is 0 Å². The van der Waals surface area contributed by atoms with Gasteiger partial charge in [0.05, 0.1) is 13.2 Å². The first-order valence-corrected chi connectivity index (χ1v) is 33.5. The molecule has 0 aliphatic carbocycles. The summed E-state index contributed by atoms with van der Waals surface area (Å²) in [4.78, 5) is 35.2. The van der Waals surface area contributed by atoms with Crippen LogP contribution in [0.3, 0.4) is 0 Å². The Labute approximate surface area is 496 Å². The third kappa shape index (κ3) is 64.7. The zero-order valence-electron chi connectivity index (χ0n) is 51.2. The Balaban J connectivity index is 4.09. The fourth-order valence-electron chi connectivity index (χ4n) is 8.20. The lowest BCUT2D eigenvalue weighted by Gasteiger charge is -2.19. The number of allylic oxidation sites excluding steroid dienone is 26. The van der Waals surface area contributed by atoms with E-state index in [0.717, 1.165) is 116 Å². The molecule has 9 nitrogen and oxygen atoms in total. The lowest BCUT2D eigenvalue weighted by Crippen LogP contribution is -2.29. The number of phosphoric acid groups is 1. The Kier molecular flexibility index (Phi) is 61.3. The molecule has 0 aromatic heterocycles. The Morgan fingerprint density at radius 3 is 1.05 bits per heavy atom. The largest absolute Gasteiger partial charge is 0.472 e. The SMILES string of the molecule is CC/C=C\C/C=C\C/C=C\C/C=C\C/C=C\C/C=C\C/C=C\C/C=C\C/C=C\C/C=C\C/C=C\C/C=C\CCCCC(=O)OC(COC(=O)CCCCCCCCCCC/C=C\CCCCCCCCCC)COP(=O)(O)OCCN. The quantitative estimate of drug-likeness (QED) is 0.0264. The highest BCUT2D eigenvalue weighted by atomic mass is 31.2. The summed E-state index contributed by atoms with van der Waals surface area (Å²) in [6, 6.07) is 0. The van der Waals surface area contributed by atoms with Crippen LogP contribution in [0.15, 0.2) is 158 Å². The van der Waals surface area contributed by atoms with Crippen molar-refractivity contribution in [1.82, 2.24) is 0 Å². The number of unbranched alkanes of at least 4 members (excludes halogenated alkanes) is 19. The summed E-state index contributed by atoms with van der Waals surface area (Å²) in [6.45, 7) is 3.57. The van der Waals surface area contributed by atoms with Gasteiger partial charge in [-0.15, -0.1) is 0 Å². The Bertz CT molecular complexity index is 1880. The smallest absolute Gasteiger partial charge is 0.462 e. The van der Waals surface area contributed by atoms with Crippen molar-refractivity contribution in [2.45, 2.75) is 251 Å². The highest BCUT2D eigenvalue weighted by molar-refractivity contribution is 7.47. The average Bonchev–Trinajstić information content (AvgIpc) is 3.46. The molecule has 0 amide bonds. The summed E-state index contributed by atoms with van der Waals surface area (Å²) in [5, 5.41) is 0. The normalized spacial score (nSPS) is 14.1. The van der Waals surface area contributed by atoms with Gasteiger partial charge < -0.3 is 20.1 Å². The minimum Gasteiger partial charge on any atom is -0.462 e. The number of esters is 2. The fraction of sp³-hybridized carbons (Fsp3) is 0.606. The molecule has 0 saturated heterocycles. The van der Waals surface area contributed by atoms with Gasteiger partial charge in [0.1, 0.15) is 6.61 Å². The van der Waals surface area contributed by atoms with Gasteiger partial charge in [0, 0.05) is 19.4 Å². The molecule has 0 heterocycles. The van der Waals surface area contributed by atoms with Crippen molar-refractivity contribution in [3.05, 3.63) is 158 Å². The number of carbonyl (C=O) groups excluding carboxylic acids is 2. The number of rotatable bonds is 58. The lowest BCUT2D eigenvalue weighted by atomic mass is 10.1. The van der Waals surface area contributed by atoms with Crippen LogP contribution in [-0.4, -0.2) is 49.3 Å². The molecular weight excluding hydrogens is 1030 g/mol. The zero-order chi connectivity index (χ0) is 58.7. The first-order valence-electron chi connectivity index (χ1n) is 32.0. The second kappa shape index (κ2) is 64.8. The molecule has 0 saturated carbocycles. The monoisotopic (exact) mass is 1140 g/mol. The Morgan fingerprint density at radius 1 is 0.383 bits per heavy atom. The number of nitrogens with two attached hydrogens (primary N) is 1. The number of carbonyl (C=O) groups is 2. The first kappa shape index (κ1) is 76.6. The molecule has 0 aromatic carbocycles. The van der Waals surface area contributed by atoms with Crippen molar-refractivity contribution in [3.8, 4) is 0 Å². The van der Waals surface area contributed by atoms with Crippen molar-refractivity contribution >= 4 is 19.8 Å². The van der Waals surface area contributed by atoms with Crippen LogP contribution in [0.1, 0.15) is 245 Å². The third-order valence-electron chi connectivity index (χ3n) is 12.9. The van der Waals surface area contributed by atoms with E-state index in [0.29, 0.717) is 6.42 Å². The summed E-state index contributed by atoms with van der Waals surface area (Å²) in [5.74, 6) is -0.889. The van der Waals surface area contributed by atoms with E-state index in [2.05, 4.69) is 172 Å². The minimum absolute atomic E-state index is 0.0381. The summed E-state index contributed by atoms with van der Waals surface area (Å²) >= 11 is 0. The van der Waals surface area contributed by atoms with Gasteiger partial charge in [0.2, 0.25) is 0 Å². The summed E-state index contributed by atoms with van der Waals surface area (Å²) in [5.41, 5.74) is 5.38. The molecule has 3 N–H and O–H groups in total. The molecule has 0 aromatic rings. The molecule has 0 rings (SSSR count). The summed E-state index contributed by atoms with van der Waals surface area (Å²) in [6.07, 6.45) is 94.6. The molecule has 0 fully saturated rings. The zero-order valence-corrected chi connectivity index (χ0v) is 52.1. The summed E-state index contributed by atoms with van der Waals surface area (Å²) < 4.78 is 33.0. The van der Waals surface area contributed by atoms with Gasteiger partial charge in [-0.2, -0.15) is 0 Å². The molecule has 0 aliphatic rings. The number of ether oxygens (including phenoxy) is 2. The second-order valence-electron chi connectivity index (χ2n) is 20.5. The van der Waals surface area contributed by atoms with Crippen molar-refractivity contribution < 1.29 is 37.6 Å². The molecule has 0 spiro atoms. The van der Waals surface area contributed by atoms with Gasteiger partial charge >= 0.3 is 19.8 Å². The number of hydrogen-bond acceptors (Lipinski definition) is 8. The topological polar surface area (TPSA) is 134 Å². The van der Waals surface area contributed by atoms with Crippen LogP contribution in [-0.2, 0) is 32.7 Å². The van der Waals surface area contributed by atoms with Gasteiger partial charge in [0.15, 0.2) is 6.10 Å². The highest BCUT2D eigenvalue weighted by Gasteiger charge is 2.26. The van der Waals surface area contributed by atoms with E-state index in [-0.39, 0.29) is 32.6 Å². The van der Waals surface area contributed by atoms with E-state index in [4.69, 9.17) is 24.3 Å². The molecule has 10 heteroatoms. The predicted molar refractivity (Wildman–Crippen MR) is 348 cm³/mol. The van der Waals surface area contributed by atoms with E-state index in [1.807, 2.05) is 0 Å². The summed E-state index contributed by atoms with van der Waals surface area (Å²) in [7, 11) is -4.41. The van der Waals surface area contributed by atoms with Crippen LogP contribution < -0.4 is 5.73 Å². The maximum Gasteiger partial charge on any atom is 0.472 e. The number of hydrogen-bond donors (Lipinski definition) is 2. The van der Waals surface area contributed by atoms with Crippen molar-refractivity contribution in [3.63, 3.8) is 0 Å². The molecule has 81 heavy (non-hydrogen) atoms. The van der Waals surface area contributed by atoms with E-state index < -0.39 is 32.5 Å². The fourth-order valence-corrected chi connectivity index (χ4v) is 8.96. The average molecular weight is 1140 g/mol. The van der Waals surface area contributed by atoms with E-state index in [1.165, 1.54) is 96.3 Å². The Hall–Kier alpha value is -4.37. The molecule has 458 valence electrons. The molecule has 2 atom stereocenters. The van der Waals surface area contributed by atoms with Crippen LogP contribution >= 0.6 is 7.82 Å². The molecule has 0 aliphatic heterocycles. The first-order chi connectivity index (χ1) is 39.8. The van der Waals surface area contributed by atoms with Crippen molar-refractivity contribution in [2.24, 2.45) is 5.73 Å². The van der Waals surface area contributed by atoms with Crippen LogP contribution in [0.25, 0.3) is 0 Å². The number of phosphoric ester groups is 1. The van der Waals surface area contributed by atoms with Gasteiger partial charge in [-0.05, 0) is 128 Å². The highest BCUT2D eigenvalue weighted by Crippen LogP contribution is 2.43. The maximum absolute atomic E-state index is 12.7.